The molecule has 0 amide bonds. The van der Waals surface area contributed by atoms with E-state index in [-0.39, 0.29) is 5.75 Å². The van der Waals surface area contributed by atoms with Gasteiger partial charge in [0.05, 0.1) is 7.11 Å². The molecular weight excluding hydrogens is 238 g/mol. The minimum absolute atomic E-state index is 0.248. The molecule has 1 N–H and O–H groups in total. The second-order valence-corrected chi connectivity index (χ2v) is 5.41. The van der Waals surface area contributed by atoms with E-state index in [0.717, 1.165) is 24.2 Å². The Balaban J connectivity index is 2.44. The maximum absolute atomic E-state index is 10.3. The fraction of sp³-hybridized carbons (Fsp3) is 0.500. The zero-order valence-electron chi connectivity index (χ0n) is 12.0. The highest BCUT2D eigenvalue weighted by molar-refractivity contribution is 5.65. The number of methoxy groups -OCH3 is 1. The smallest absolute Gasteiger partial charge is 0.165 e. The summed E-state index contributed by atoms with van der Waals surface area (Å²) >= 11 is 0. The Kier molecular flexibility index (Phi) is 4.48. The summed E-state index contributed by atoms with van der Waals surface area (Å²) in [6.45, 7) is 4.16. The third-order valence-electron chi connectivity index (χ3n) is 3.72. The van der Waals surface area contributed by atoms with E-state index >= 15 is 0 Å². The first-order valence-electron chi connectivity index (χ1n) is 6.87. The van der Waals surface area contributed by atoms with Crippen LogP contribution in [0.15, 0.2) is 18.2 Å². The highest BCUT2D eigenvalue weighted by Crippen LogP contribution is 2.34. The van der Waals surface area contributed by atoms with Gasteiger partial charge in [-0.15, -0.1) is 0 Å². The Morgan fingerprint density at radius 1 is 1.37 bits per heavy atom. The van der Waals surface area contributed by atoms with Gasteiger partial charge in [-0.05, 0) is 44.0 Å². The number of ether oxygens (including phenoxy) is 1. The molecule has 0 saturated carbocycles. The zero-order valence-corrected chi connectivity index (χ0v) is 12.0. The van der Waals surface area contributed by atoms with Crippen molar-refractivity contribution < 1.29 is 9.84 Å². The molecule has 0 saturated heterocycles. The Bertz CT molecular complexity index is 468. The first kappa shape index (κ1) is 13.9. The molecule has 0 spiro atoms. The topological polar surface area (TPSA) is 32.7 Å². The van der Waals surface area contributed by atoms with Crippen LogP contribution in [0.25, 0.3) is 6.08 Å². The van der Waals surface area contributed by atoms with Gasteiger partial charge in [-0.25, -0.2) is 0 Å². The van der Waals surface area contributed by atoms with Crippen LogP contribution in [0, 0.1) is 5.92 Å². The lowest BCUT2D eigenvalue weighted by Crippen LogP contribution is -2.20. The maximum Gasteiger partial charge on any atom is 0.165 e. The van der Waals surface area contributed by atoms with Crippen molar-refractivity contribution in [2.45, 2.75) is 26.3 Å². The molecule has 0 radical (unpaired) electrons. The molecule has 0 aliphatic carbocycles. The van der Waals surface area contributed by atoms with Crippen LogP contribution in [0.1, 0.15) is 30.9 Å². The SMILES string of the molecule is COc1ccc2c(c1O)/C=C\C(C)CCCN(C)C2. The molecule has 0 fully saturated rings. The third kappa shape index (κ3) is 3.29. The second-order valence-electron chi connectivity index (χ2n) is 5.41. The minimum Gasteiger partial charge on any atom is -0.504 e. The molecule has 0 aromatic heterocycles. The van der Waals surface area contributed by atoms with Gasteiger partial charge in [0.2, 0.25) is 0 Å². The van der Waals surface area contributed by atoms with E-state index in [1.165, 1.54) is 12.8 Å². The molecule has 1 aromatic rings. The summed E-state index contributed by atoms with van der Waals surface area (Å²) in [6.07, 6.45) is 6.61. The molecule has 2 rings (SSSR count). The van der Waals surface area contributed by atoms with E-state index in [2.05, 4.69) is 24.9 Å². The number of benzene rings is 1. The summed E-state index contributed by atoms with van der Waals surface area (Å²) in [4.78, 5) is 2.30. The molecule has 104 valence electrons. The van der Waals surface area contributed by atoms with Crippen LogP contribution < -0.4 is 4.74 Å². The van der Waals surface area contributed by atoms with Gasteiger partial charge in [-0.1, -0.05) is 25.1 Å². The largest absolute Gasteiger partial charge is 0.504 e. The first-order chi connectivity index (χ1) is 9.11. The zero-order chi connectivity index (χ0) is 13.8. The standard InChI is InChI=1S/C16H23NO2/c1-12-5-4-10-17(2)11-13-7-9-15(19-3)16(18)14(13)8-6-12/h6-9,12,18H,4-5,10-11H2,1-3H3/b8-6-. The lowest BCUT2D eigenvalue weighted by Gasteiger charge is -2.21. The molecule has 1 atom stereocenters. The van der Waals surface area contributed by atoms with Crippen LogP contribution in [-0.4, -0.2) is 30.7 Å². The quantitative estimate of drug-likeness (QED) is 0.842. The van der Waals surface area contributed by atoms with Gasteiger partial charge in [-0.2, -0.15) is 0 Å². The highest BCUT2D eigenvalue weighted by Gasteiger charge is 2.14. The number of allylic oxidation sites excluding steroid dienone is 1. The van der Waals surface area contributed by atoms with Crippen LogP contribution in [0.3, 0.4) is 0 Å². The number of fused-ring (bicyclic) bond motifs is 1. The van der Waals surface area contributed by atoms with Gasteiger partial charge in [0, 0.05) is 12.1 Å². The summed E-state index contributed by atoms with van der Waals surface area (Å²) < 4.78 is 5.20. The number of phenols is 1. The molecule has 19 heavy (non-hydrogen) atoms. The Morgan fingerprint density at radius 2 is 2.16 bits per heavy atom. The lowest BCUT2D eigenvalue weighted by atomic mass is 9.98. The normalized spacial score (nSPS) is 22.6. The monoisotopic (exact) mass is 261 g/mol. The molecule has 1 aliphatic heterocycles. The third-order valence-corrected chi connectivity index (χ3v) is 3.72. The molecule has 1 aliphatic rings. The predicted octanol–water partition coefficient (Wildman–Crippen LogP) is 3.28. The lowest BCUT2D eigenvalue weighted by molar-refractivity contribution is 0.311. The van der Waals surface area contributed by atoms with Crippen molar-refractivity contribution in [3.05, 3.63) is 29.3 Å². The van der Waals surface area contributed by atoms with Gasteiger partial charge in [0.25, 0.3) is 0 Å². The average Bonchev–Trinajstić information content (AvgIpc) is 2.38. The molecule has 3 heteroatoms. The van der Waals surface area contributed by atoms with Crippen LogP contribution in [0.2, 0.25) is 0 Å². The fourth-order valence-electron chi connectivity index (χ4n) is 2.53. The van der Waals surface area contributed by atoms with Gasteiger partial charge in [-0.3, -0.25) is 0 Å². The average molecular weight is 261 g/mol. The Labute approximate surface area is 115 Å². The van der Waals surface area contributed by atoms with E-state index in [4.69, 9.17) is 4.74 Å². The van der Waals surface area contributed by atoms with Gasteiger partial charge >= 0.3 is 0 Å². The van der Waals surface area contributed by atoms with E-state index < -0.39 is 0 Å². The van der Waals surface area contributed by atoms with Crippen LogP contribution in [0.4, 0.5) is 0 Å². The van der Waals surface area contributed by atoms with Crippen molar-refractivity contribution in [1.82, 2.24) is 4.90 Å². The number of rotatable bonds is 1. The van der Waals surface area contributed by atoms with Crippen molar-refractivity contribution >= 4 is 6.08 Å². The molecular formula is C16H23NO2. The summed E-state index contributed by atoms with van der Waals surface area (Å²) in [5.74, 6) is 1.32. The predicted molar refractivity (Wildman–Crippen MR) is 78.4 cm³/mol. The van der Waals surface area contributed by atoms with Crippen LogP contribution in [-0.2, 0) is 6.54 Å². The van der Waals surface area contributed by atoms with Crippen molar-refractivity contribution in [2.24, 2.45) is 5.92 Å². The molecule has 3 nitrogen and oxygen atoms in total. The number of nitrogens with zero attached hydrogens (tertiary/aromatic N) is 1. The van der Waals surface area contributed by atoms with Gasteiger partial charge < -0.3 is 14.7 Å². The number of hydrogen-bond donors (Lipinski definition) is 1. The summed E-state index contributed by atoms with van der Waals surface area (Å²) in [5, 5.41) is 10.3. The van der Waals surface area contributed by atoms with Gasteiger partial charge in [0.15, 0.2) is 11.5 Å². The number of phenolic OH excluding ortho intramolecular Hbond substituents is 1. The number of hydrogen-bond acceptors (Lipinski definition) is 3. The molecule has 1 aromatic carbocycles. The molecule has 1 unspecified atom stereocenters. The minimum atomic E-state index is 0.248. The molecule has 0 bridgehead atoms. The van der Waals surface area contributed by atoms with Crippen LogP contribution in [0.5, 0.6) is 11.5 Å². The fourth-order valence-corrected chi connectivity index (χ4v) is 2.53. The van der Waals surface area contributed by atoms with Crippen molar-refractivity contribution in [3.63, 3.8) is 0 Å². The van der Waals surface area contributed by atoms with E-state index in [0.29, 0.717) is 11.7 Å². The van der Waals surface area contributed by atoms with Crippen molar-refractivity contribution in [1.29, 1.82) is 0 Å². The number of aromatic hydroxyl groups is 1. The Hall–Kier alpha value is -1.48. The molecule has 1 heterocycles. The summed E-state index contributed by atoms with van der Waals surface area (Å²) in [7, 11) is 3.71. The van der Waals surface area contributed by atoms with Crippen molar-refractivity contribution in [2.75, 3.05) is 20.7 Å². The highest BCUT2D eigenvalue weighted by atomic mass is 16.5. The van der Waals surface area contributed by atoms with Crippen LogP contribution >= 0.6 is 0 Å². The van der Waals surface area contributed by atoms with E-state index in [1.54, 1.807) is 7.11 Å². The summed E-state index contributed by atoms with van der Waals surface area (Å²) in [6, 6.07) is 3.88. The first-order valence-corrected chi connectivity index (χ1v) is 6.87. The summed E-state index contributed by atoms with van der Waals surface area (Å²) in [5.41, 5.74) is 2.03. The van der Waals surface area contributed by atoms with Gasteiger partial charge in [0.1, 0.15) is 0 Å². The van der Waals surface area contributed by atoms with Crippen molar-refractivity contribution in [3.8, 4) is 11.5 Å². The van der Waals surface area contributed by atoms with E-state index in [9.17, 15) is 5.11 Å². The Morgan fingerprint density at radius 3 is 2.89 bits per heavy atom. The van der Waals surface area contributed by atoms with E-state index in [1.807, 2.05) is 18.2 Å². The second kappa shape index (κ2) is 6.11. The maximum atomic E-state index is 10.3.